The SMILES string of the molecule is CN(Cc1ccc(-c2cnn(C)c2)s1)C1CC2CCC(C1)N2.Cl. The van der Waals surface area contributed by atoms with Gasteiger partial charge in [-0.2, -0.15) is 5.10 Å². The van der Waals surface area contributed by atoms with Gasteiger partial charge in [0, 0.05) is 53.2 Å². The molecular formula is C17H25ClN4S. The zero-order valence-corrected chi connectivity index (χ0v) is 15.4. The molecule has 2 bridgehead atoms. The summed E-state index contributed by atoms with van der Waals surface area (Å²) in [7, 11) is 4.26. The molecule has 0 spiro atoms. The molecule has 4 nitrogen and oxygen atoms in total. The van der Waals surface area contributed by atoms with E-state index in [1.807, 2.05) is 29.3 Å². The molecule has 0 saturated carbocycles. The summed E-state index contributed by atoms with van der Waals surface area (Å²) in [4.78, 5) is 5.33. The number of aryl methyl sites for hydroxylation is 1. The molecule has 2 aromatic rings. The highest BCUT2D eigenvalue weighted by Gasteiger charge is 2.35. The number of nitrogens with one attached hydrogen (secondary N) is 1. The first-order valence-electron chi connectivity index (χ1n) is 8.21. The van der Waals surface area contributed by atoms with Gasteiger partial charge >= 0.3 is 0 Å². The van der Waals surface area contributed by atoms with Gasteiger partial charge < -0.3 is 5.32 Å². The molecule has 126 valence electrons. The van der Waals surface area contributed by atoms with Crippen LogP contribution < -0.4 is 5.32 Å². The summed E-state index contributed by atoms with van der Waals surface area (Å²) < 4.78 is 1.87. The molecule has 0 aliphatic carbocycles. The molecule has 2 aliphatic rings. The van der Waals surface area contributed by atoms with Crippen molar-refractivity contribution in [3.05, 3.63) is 29.4 Å². The molecule has 2 aliphatic heterocycles. The third-order valence-electron chi connectivity index (χ3n) is 5.13. The van der Waals surface area contributed by atoms with Crippen LogP contribution in [0.25, 0.3) is 10.4 Å². The number of nitrogens with zero attached hydrogens (tertiary/aromatic N) is 3. The summed E-state index contributed by atoms with van der Waals surface area (Å²) in [5, 5.41) is 8.00. The predicted molar refractivity (Wildman–Crippen MR) is 98.2 cm³/mol. The van der Waals surface area contributed by atoms with Crippen molar-refractivity contribution < 1.29 is 0 Å². The Balaban J connectivity index is 0.00000156. The molecule has 0 aromatic carbocycles. The quantitative estimate of drug-likeness (QED) is 0.916. The summed E-state index contributed by atoms with van der Waals surface area (Å²) in [5.74, 6) is 0. The van der Waals surface area contributed by atoms with Gasteiger partial charge in [0.2, 0.25) is 0 Å². The third-order valence-corrected chi connectivity index (χ3v) is 6.25. The second-order valence-corrected chi connectivity index (χ2v) is 8.02. The predicted octanol–water partition coefficient (Wildman–Crippen LogP) is 3.29. The van der Waals surface area contributed by atoms with E-state index in [4.69, 9.17) is 0 Å². The van der Waals surface area contributed by atoms with E-state index in [0.717, 1.165) is 24.7 Å². The van der Waals surface area contributed by atoms with Gasteiger partial charge in [0.1, 0.15) is 0 Å². The van der Waals surface area contributed by atoms with E-state index in [1.54, 1.807) is 0 Å². The topological polar surface area (TPSA) is 33.1 Å². The number of halogens is 1. The Morgan fingerprint density at radius 1 is 1.30 bits per heavy atom. The van der Waals surface area contributed by atoms with Gasteiger partial charge in [-0.15, -0.1) is 23.7 Å². The van der Waals surface area contributed by atoms with Crippen LogP contribution in [0, 0.1) is 0 Å². The maximum atomic E-state index is 4.27. The van der Waals surface area contributed by atoms with Crippen molar-refractivity contribution in [1.82, 2.24) is 20.0 Å². The number of aromatic nitrogens is 2. The van der Waals surface area contributed by atoms with Gasteiger partial charge in [-0.3, -0.25) is 9.58 Å². The lowest BCUT2D eigenvalue weighted by molar-refractivity contribution is 0.167. The fraction of sp³-hybridized carbons (Fsp3) is 0.588. The zero-order valence-electron chi connectivity index (χ0n) is 13.7. The summed E-state index contributed by atoms with van der Waals surface area (Å²) in [5.41, 5.74) is 1.22. The van der Waals surface area contributed by atoms with Crippen LogP contribution in [0.15, 0.2) is 24.5 Å². The van der Waals surface area contributed by atoms with Gasteiger partial charge in [-0.05, 0) is 44.9 Å². The highest BCUT2D eigenvalue weighted by molar-refractivity contribution is 7.15. The Morgan fingerprint density at radius 2 is 2.04 bits per heavy atom. The van der Waals surface area contributed by atoms with Gasteiger partial charge in [0.05, 0.1) is 6.20 Å². The molecule has 2 unspecified atom stereocenters. The number of fused-ring (bicyclic) bond motifs is 2. The van der Waals surface area contributed by atoms with Crippen molar-refractivity contribution in [2.24, 2.45) is 7.05 Å². The first-order chi connectivity index (χ1) is 10.7. The molecule has 0 radical (unpaired) electrons. The Bertz CT molecular complexity index is 641. The zero-order chi connectivity index (χ0) is 15.1. The van der Waals surface area contributed by atoms with Gasteiger partial charge in [0.25, 0.3) is 0 Å². The molecule has 4 heterocycles. The minimum atomic E-state index is 0. The van der Waals surface area contributed by atoms with E-state index in [-0.39, 0.29) is 12.4 Å². The second kappa shape index (κ2) is 6.93. The van der Waals surface area contributed by atoms with Crippen molar-refractivity contribution in [3.8, 4) is 10.4 Å². The molecule has 4 rings (SSSR count). The van der Waals surface area contributed by atoms with Crippen molar-refractivity contribution in [2.45, 2.75) is 50.4 Å². The van der Waals surface area contributed by atoms with Crippen LogP contribution in [0.4, 0.5) is 0 Å². The first kappa shape index (κ1) is 17.0. The molecule has 6 heteroatoms. The second-order valence-electron chi connectivity index (χ2n) is 6.85. The van der Waals surface area contributed by atoms with Crippen LogP contribution in [0.2, 0.25) is 0 Å². The maximum absolute atomic E-state index is 4.27. The fourth-order valence-corrected chi connectivity index (χ4v) is 4.97. The van der Waals surface area contributed by atoms with Gasteiger partial charge in [-0.25, -0.2) is 0 Å². The van der Waals surface area contributed by atoms with Crippen LogP contribution >= 0.6 is 23.7 Å². The van der Waals surface area contributed by atoms with Crippen molar-refractivity contribution in [1.29, 1.82) is 0 Å². The average Bonchev–Trinajstić information content (AvgIpc) is 3.20. The van der Waals surface area contributed by atoms with E-state index in [0.29, 0.717) is 0 Å². The molecule has 2 saturated heterocycles. The summed E-state index contributed by atoms with van der Waals surface area (Å²) >= 11 is 1.90. The van der Waals surface area contributed by atoms with Crippen LogP contribution in [-0.2, 0) is 13.6 Å². The van der Waals surface area contributed by atoms with Crippen molar-refractivity contribution >= 4 is 23.7 Å². The van der Waals surface area contributed by atoms with Gasteiger partial charge in [0.15, 0.2) is 0 Å². The number of rotatable bonds is 4. The number of hydrogen-bond donors (Lipinski definition) is 1. The summed E-state index contributed by atoms with van der Waals surface area (Å²) in [6.07, 6.45) is 9.41. The van der Waals surface area contributed by atoms with E-state index >= 15 is 0 Å². The molecule has 2 fully saturated rings. The molecule has 0 amide bonds. The lowest BCUT2D eigenvalue weighted by atomic mass is 9.98. The molecular weight excluding hydrogens is 328 g/mol. The number of piperidine rings is 1. The highest BCUT2D eigenvalue weighted by atomic mass is 35.5. The van der Waals surface area contributed by atoms with Gasteiger partial charge in [-0.1, -0.05) is 0 Å². The van der Waals surface area contributed by atoms with Crippen LogP contribution in [0.3, 0.4) is 0 Å². The Kier molecular flexibility index (Phi) is 5.11. The normalized spacial score (nSPS) is 26.5. The minimum absolute atomic E-state index is 0. The molecule has 2 atom stereocenters. The maximum Gasteiger partial charge on any atom is 0.0576 e. The highest BCUT2D eigenvalue weighted by Crippen LogP contribution is 2.32. The number of hydrogen-bond acceptors (Lipinski definition) is 4. The smallest absolute Gasteiger partial charge is 0.0576 e. The largest absolute Gasteiger partial charge is 0.311 e. The van der Waals surface area contributed by atoms with Crippen molar-refractivity contribution in [3.63, 3.8) is 0 Å². The lowest BCUT2D eigenvalue weighted by Crippen LogP contribution is -2.46. The summed E-state index contributed by atoms with van der Waals surface area (Å²) in [6, 6.07) is 6.78. The van der Waals surface area contributed by atoms with Crippen LogP contribution in [-0.4, -0.2) is 39.9 Å². The van der Waals surface area contributed by atoms with E-state index in [1.165, 1.54) is 41.0 Å². The van der Waals surface area contributed by atoms with Crippen LogP contribution in [0.1, 0.15) is 30.6 Å². The van der Waals surface area contributed by atoms with Crippen LogP contribution in [0.5, 0.6) is 0 Å². The standard InChI is InChI=1S/C17H24N4S.ClH/c1-20(15-7-13-3-4-14(8-15)19-13)11-16-5-6-17(22-16)12-9-18-21(2)10-12;/h5-6,9-10,13-15,19H,3-4,7-8,11H2,1-2H3;1H. The summed E-state index contributed by atoms with van der Waals surface area (Å²) in [6.45, 7) is 1.06. The van der Waals surface area contributed by atoms with E-state index in [2.05, 4.69) is 40.7 Å². The van der Waals surface area contributed by atoms with E-state index in [9.17, 15) is 0 Å². The monoisotopic (exact) mass is 352 g/mol. The molecule has 23 heavy (non-hydrogen) atoms. The lowest BCUT2D eigenvalue weighted by Gasteiger charge is -2.35. The Hall–Kier alpha value is -0.880. The molecule has 1 N–H and O–H groups in total. The fourth-order valence-electron chi connectivity index (χ4n) is 3.93. The average molecular weight is 353 g/mol. The Morgan fingerprint density at radius 3 is 2.70 bits per heavy atom. The van der Waals surface area contributed by atoms with E-state index < -0.39 is 0 Å². The molecule has 2 aromatic heterocycles. The Labute approximate surface area is 148 Å². The first-order valence-corrected chi connectivity index (χ1v) is 9.03. The minimum Gasteiger partial charge on any atom is -0.311 e. The number of thiophene rings is 1. The van der Waals surface area contributed by atoms with Crippen molar-refractivity contribution in [2.75, 3.05) is 7.05 Å². The third kappa shape index (κ3) is 3.63.